The van der Waals surface area contributed by atoms with Gasteiger partial charge in [0.2, 0.25) is 0 Å². The molecule has 0 atom stereocenters. The molecular weight excluding hydrogens is 208 g/mol. The van der Waals surface area contributed by atoms with E-state index in [9.17, 15) is 0 Å². The molecule has 1 aromatic carbocycles. The monoisotopic (exact) mass is 222 g/mol. The lowest BCUT2D eigenvalue weighted by Gasteiger charge is -2.06. The van der Waals surface area contributed by atoms with Gasteiger partial charge in [-0.2, -0.15) is 0 Å². The molecule has 0 saturated heterocycles. The highest BCUT2D eigenvalue weighted by atomic mass is 16.5. The van der Waals surface area contributed by atoms with E-state index in [4.69, 9.17) is 20.7 Å². The van der Waals surface area contributed by atoms with Crippen LogP contribution < -0.4 is 10.5 Å². The van der Waals surface area contributed by atoms with Gasteiger partial charge in [0, 0.05) is 17.1 Å². The third-order valence-electron chi connectivity index (χ3n) is 1.78. The number of rotatable bonds is 7. The van der Waals surface area contributed by atoms with Gasteiger partial charge in [0.1, 0.15) is 12.4 Å². The maximum Gasteiger partial charge on any atom is 0.119 e. The average Bonchev–Trinajstić information content (AvgIpc) is 2.30. The van der Waals surface area contributed by atoms with Gasteiger partial charge in [0.15, 0.2) is 0 Å². The molecule has 0 aromatic heterocycles. The zero-order chi connectivity index (χ0) is 11.6. The average molecular weight is 222 g/mol. The lowest BCUT2D eigenvalue weighted by Crippen LogP contribution is -2.08. The van der Waals surface area contributed by atoms with Gasteiger partial charge in [-0.1, -0.05) is 5.11 Å². The molecule has 1 aromatic rings. The number of hydrogen-bond donors (Lipinski definition) is 1. The van der Waals surface area contributed by atoms with E-state index < -0.39 is 0 Å². The number of nitrogens with zero attached hydrogens (tertiary/aromatic N) is 3. The van der Waals surface area contributed by atoms with Gasteiger partial charge in [-0.15, -0.1) is 0 Å². The van der Waals surface area contributed by atoms with Crippen LogP contribution in [0, 0.1) is 0 Å². The summed E-state index contributed by atoms with van der Waals surface area (Å²) in [6.45, 7) is 1.68. The first-order valence-electron chi connectivity index (χ1n) is 4.90. The van der Waals surface area contributed by atoms with Crippen molar-refractivity contribution in [3.05, 3.63) is 34.7 Å². The minimum Gasteiger partial charge on any atom is -0.491 e. The van der Waals surface area contributed by atoms with E-state index in [0.717, 1.165) is 5.75 Å². The van der Waals surface area contributed by atoms with E-state index in [0.29, 0.717) is 32.1 Å². The Balaban J connectivity index is 2.07. The van der Waals surface area contributed by atoms with Crippen LogP contribution in [-0.2, 0) is 4.74 Å². The normalized spacial score (nSPS) is 9.50. The molecule has 16 heavy (non-hydrogen) atoms. The highest BCUT2D eigenvalue weighted by Gasteiger charge is 1.93. The van der Waals surface area contributed by atoms with Crippen LogP contribution in [0.4, 0.5) is 5.69 Å². The number of benzene rings is 1. The number of ether oxygens (including phenoxy) is 2. The van der Waals surface area contributed by atoms with Crippen LogP contribution in [0.3, 0.4) is 0 Å². The maximum atomic E-state index is 8.01. The SMILES string of the molecule is [N-]=[N+]=NCCOCCOc1ccc(N)cc1. The maximum absolute atomic E-state index is 8.01. The number of azide groups is 1. The van der Waals surface area contributed by atoms with Crippen molar-refractivity contribution in [1.29, 1.82) is 0 Å². The van der Waals surface area contributed by atoms with Crippen LogP contribution in [0.1, 0.15) is 0 Å². The van der Waals surface area contributed by atoms with Gasteiger partial charge in [0.25, 0.3) is 0 Å². The van der Waals surface area contributed by atoms with Crippen molar-refractivity contribution in [2.75, 3.05) is 32.1 Å². The molecule has 86 valence electrons. The minimum absolute atomic E-state index is 0.346. The predicted molar refractivity (Wildman–Crippen MR) is 61.2 cm³/mol. The van der Waals surface area contributed by atoms with Gasteiger partial charge in [-0.05, 0) is 29.8 Å². The van der Waals surface area contributed by atoms with Crippen LogP contribution in [-0.4, -0.2) is 26.4 Å². The molecule has 0 heterocycles. The van der Waals surface area contributed by atoms with E-state index in [1.165, 1.54) is 0 Å². The Morgan fingerprint density at radius 1 is 1.19 bits per heavy atom. The molecule has 0 fully saturated rings. The zero-order valence-electron chi connectivity index (χ0n) is 8.87. The Kier molecular flexibility index (Phi) is 5.62. The molecule has 0 radical (unpaired) electrons. The van der Waals surface area contributed by atoms with E-state index >= 15 is 0 Å². The largest absolute Gasteiger partial charge is 0.491 e. The van der Waals surface area contributed by atoms with E-state index in [1.54, 1.807) is 24.3 Å². The molecule has 0 spiro atoms. The van der Waals surface area contributed by atoms with Crippen molar-refractivity contribution in [3.8, 4) is 5.75 Å². The second-order valence-electron chi connectivity index (χ2n) is 2.98. The fourth-order valence-electron chi connectivity index (χ4n) is 1.03. The Bertz CT molecular complexity index is 346. The summed E-state index contributed by atoms with van der Waals surface area (Å²) in [6, 6.07) is 7.15. The molecule has 1 rings (SSSR count). The van der Waals surface area contributed by atoms with Crippen LogP contribution in [0.2, 0.25) is 0 Å². The number of anilines is 1. The van der Waals surface area contributed by atoms with Crippen LogP contribution in [0.5, 0.6) is 5.75 Å². The first-order valence-corrected chi connectivity index (χ1v) is 4.90. The van der Waals surface area contributed by atoms with Crippen molar-refractivity contribution in [2.24, 2.45) is 5.11 Å². The second kappa shape index (κ2) is 7.39. The molecule has 0 aliphatic carbocycles. The molecule has 2 N–H and O–H groups in total. The van der Waals surface area contributed by atoms with Gasteiger partial charge < -0.3 is 15.2 Å². The minimum atomic E-state index is 0.346. The van der Waals surface area contributed by atoms with Crippen LogP contribution in [0.15, 0.2) is 29.4 Å². The van der Waals surface area contributed by atoms with Crippen molar-refractivity contribution in [2.45, 2.75) is 0 Å². The van der Waals surface area contributed by atoms with Crippen molar-refractivity contribution < 1.29 is 9.47 Å². The quantitative estimate of drug-likeness (QED) is 0.251. The zero-order valence-corrected chi connectivity index (χ0v) is 8.87. The van der Waals surface area contributed by atoms with Gasteiger partial charge in [-0.25, -0.2) is 0 Å². The molecule has 0 aliphatic rings. The Morgan fingerprint density at radius 3 is 2.62 bits per heavy atom. The molecule has 6 heteroatoms. The summed E-state index contributed by atoms with van der Waals surface area (Å²) in [7, 11) is 0. The highest BCUT2D eigenvalue weighted by molar-refractivity contribution is 5.41. The Hall–Kier alpha value is -1.91. The topological polar surface area (TPSA) is 93.2 Å². The van der Waals surface area contributed by atoms with Gasteiger partial charge in [0.05, 0.1) is 13.2 Å². The predicted octanol–water partition coefficient (Wildman–Crippen LogP) is 1.97. The fraction of sp³-hybridized carbons (Fsp3) is 0.400. The molecule has 0 bridgehead atoms. The standard InChI is InChI=1S/C10H14N4O2/c11-9-1-3-10(4-2-9)16-8-7-15-6-5-13-14-12/h1-4H,5-8,11H2. The van der Waals surface area contributed by atoms with Crippen molar-refractivity contribution >= 4 is 5.69 Å². The van der Waals surface area contributed by atoms with E-state index in [2.05, 4.69) is 10.0 Å². The highest BCUT2D eigenvalue weighted by Crippen LogP contribution is 2.12. The number of nitrogen functional groups attached to an aromatic ring is 1. The third-order valence-corrected chi connectivity index (χ3v) is 1.78. The van der Waals surface area contributed by atoms with Gasteiger partial charge in [-0.3, -0.25) is 0 Å². The van der Waals surface area contributed by atoms with Crippen molar-refractivity contribution in [3.63, 3.8) is 0 Å². The first kappa shape index (κ1) is 12.2. The van der Waals surface area contributed by atoms with Crippen molar-refractivity contribution in [1.82, 2.24) is 0 Å². The smallest absolute Gasteiger partial charge is 0.119 e. The summed E-state index contributed by atoms with van der Waals surface area (Å²) in [6.07, 6.45) is 0. The van der Waals surface area contributed by atoms with Crippen LogP contribution >= 0.6 is 0 Å². The lowest BCUT2D eigenvalue weighted by atomic mass is 10.3. The summed E-state index contributed by atoms with van der Waals surface area (Å²) in [5.74, 6) is 0.757. The third kappa shape index (κ3) is 5.09. The van der Waals surface area contributed by atoms with Gasteiger partial charge >= 0.3 is 0 Å². The Labute approximate surface area is 93.6 Å². The molecule has 0 aliphatic heterocycles. The summed E-state index contributed by atoms with van der Waals surface area (Å²) in [5.41, 5.74) is 14.2. The van der Waals surface area contributed by atoms with E-state index in [-0.39, 0.29) is 0 Å². The van der Waals surface area contributed by atoms with Crippen LogP contribution in [0.25, 0.3) is 10.4 Å². The molecular formula is C10H14N4O2. The first-order chi connectivity index (χ1) is 7.83. The summed E-state index contributed by atoms with van der Waals surface area (Å²) in [5, 5.41) is 3.34. The Morgan fingerprint density at radius 2 is 1.94 bits per heavy atom. The number of nitrogens with two attached hydrogens (primary N) is 1. The molecule has 0 unspecified atom stereocenters. The number of hydrogen-bond acceptors (Lipinski definition) is 4. The summed E-state index contributed by atoms with van der Waals surface area (Å²) in [4.78, 5) is 2.61. The molecule has 0 saturated carbocycles. The summed E-state index contributed by atoms with van der Waals surface area (Å²) < 4.78 is 10.6. The summed E-state index contributed by atoms with van der Waals surface area (Å²) >= 11 is 0. The molecule has 6 nitrogen and oxygen atoms in total. The fourth-order valence-corrected chi connectivity index (χ4v) is 1.03. The lowest BCUT2D eigenvalue weighted by molar-refractivity contribution is 0.106. The van der Waals surface area contributed by atoms with E-state index in [1.807, 2.05) is 0 Å². The molecule has 0 amide bonds. The second-order valence-corrected chi connectivity index (χ2v) is 2.98.